The molecule has 0 unspecified atom stereocenters. The molecule has 3 heterocycles. The zero-order valence-corrected chi connectivity index (χ0v) is 17.3. The van der Waals surface area contributed by atoms with Gasteiger partial charge >= 0.3 is 0 Å². The molecule has 1 amide bonds. The van der Waals surface area contributed by atoms with Crippen molar-refractivity contribution in [2.45, 2.75) is 20.3 Å². The maximum Gasteiger partial charge on any atom is 0.271 e. The van der Waals surface area contributed by atoms with Gasteiger partial charge in [0.15, 0.2) is 0 Å². The van der Waals surface area contributed by atoms with Crippen molar-refractivity contribution in [1.82, 2.24) is 19.7 Å². The summed E-state index contributed by atoms with van der Waals surface area (Å²) >= 11 is 0. The molecule has 4 aromatic rings. The van der Waals surface area contributed by atoms with Crippen LogP contribution in [0.5, 0.6) is 5.75 Å². The first kappa shape index (κ1) is 19.6. The summed E-state index contributed by atoms with van der Waals surface area (Å²) in [5.41, 5.74) is 6.41. The average Bonchev–Trinajstić information content (AvgIpc) is 3.18. The van der Waals surface area contributed by atoms with Crippen LogP contribution in [0.4, 0.5) is 0 Å². The standard InChI is InChI=1S/C24H24N4O2/c1-16-12-19(13-17(2)23(16)30-3)18-7-8-22-27-21(15-28(22)14-18)24(29)26-11-9-20-6-4-5-10-25-20/h4-8,10,12-15H,9,11H2,1-3H3,(H,26,29). The van der Waals surface area contributed by atoms with Crippen molar-refractivity contribution in [3.63, 3.8) is 0 Å². The number of carbonyl (C=O) groups is 1. The van der Waals surface area contributed by atoms with Crippen LogP contribution in [0.1, 0.15) is 27.3 Å². The van der Waals surface area contributed by atoms with E-state index in [1.54, 1.807) is 19.5 Å². The number of rotatable bonds is 6. The Balaban J connectivity index is 1.52. The number of nitrogens with zero attached hydrogens (tertiary/aromatic N) is 3. The van der Waals surface area contributed by atoms with Gasteiger partial charge in [0, 0.05) is 37.3 Å². The van der Waals surface area contributed by atoms with Crippen molar-refractivity contribution in [2.75, 3.05) is 13.7 Å². The third kappa shape index (κ3) is 4.03. The Morgan fingerprint density at radius 2 is 1.87 bits per heavy atom. The normalized spacial score (nSPS) is 10.9. The van der Waals surface area contributed by atoms with E-state index in [1.807, 2.05) is 54.8 Å². The lowest BCUT2D eigenvalue weighted by molar-refractivity contribution is 0.0949. The Labute approximate surface area is 175 Å². The van der Waals surface area contributed by atoms with E-state index in [2.05, 4.69) is 27.4 Å². The smallest absolute Gasteiger partial charge is 0.271 e. The number of benzene rings is 1. The molecule has 0 spiro atoms. The first-order valence-corrected chi connectivity index (χ1v) is 9.87. The summed E-state index contributed by atoms with van der Waals surface area (Å²) in [5.74, 6) is 0.722. The molecule has 4 rings (SSSR count). The van der Waals surface area contributed by atoms with Crippen LogP contribution >= 0.6 is 0 Å². The van der Waals surface area contributed by atoms with E-state index in [-0.39, 0.29) is 5.91 Å². The zero-order chi connectivity index (χ0) is 21.1. The van der Waals surface area contributed by atoms with Crippen LogP contribution in [-0.4, -0.2) is 33.9 Å². The van der Waals surface area contributed by atoms with Crippen LogP contribution in [0.2, 0.25) is 0 Å². The van der Waals surface area contributed by atoms with Crippen LogP contribution in [0.25, 0.3) is 16.8 Å². The van der Waals surface area contributed by atoms with Crippen molar-refractivity contribution >= 4 is 11.6 Å². The van der Waals surface area contributed by atoms with E-state index in [0.717, 1.165) is 39.3 Å². The van der Waals surface area contributed by atoms with Crippen molar-refractivity contribution in [3.05, 3.63) is 83.6 Å². The van der Waals surface area contributed by atoms with E-state index in [0.29, 0.717) is 18.7 Å². The fraction of sp³-hybridized carbons (Fsp3) is 0.208. The number of nitrogens with one attached hydrogen (secondary N) is 1. The Morgan fingerprint density at radius 1 is 1.07 bits per heavy atom. The summed E-state index contributed by atoms with van der Waals surface area (Å²) in [4.78, 5) is 21.2. The Kier molecular flexibility index (Phi) is 5.48. The monoisotopic (exact) mass is 400 g/mol. The second-order valence-electron chi connectivity index (χ2n) is 7.28. The van der Waals surface area contributed by atoms with Gasteiger partial charge in [-0.1, -0.05) is 6.07 Å². The molecule has 0 atom stereocenters. The average molecular weight is 400 g/mol. The molecule has 152 valence electrons. The number of imidazole rings is 1. The highest BCUT2D eigenvalue weighted by Gasteiger charge is 2.12. The maximum atomic E-state index is 12.5. The fourth-order valence-corrected chi connectivity index (χ4v) is 3.65. The molecule has 0 saturated carbocycles. The summed E-state index contributed by atoms with van der Waals surface area (Å²) in [7, 11) is 1.69. The lowest BCUT2D eigenvalue weighted by atomic mass is 10.0. The number of pyridine rings is 2. The van der Waals surface area contributed by atoms with Crippen molar-refractivity contribution in [2.24, 2.45) is 0 Å². The van der Waals surface area contributed by atoms with Gasteiger partial charge in [-0.15, -0.1) is 0 Å². The number of hydrogen-bond donors (Lipinski definition) is 1. The second kappa shape index (κ2) is 8.37. The lowest BCUT2D eigenvalue weighted by Gasteiger charge is -2.11. The number of aryl methyl sites for hydroxylation is 2. The topological polar surface area (TPSA) is 68.5 Å². The SMILES string of the molecule is COc1c(C)cc(-c2ccc3nc(C(=O)NCCc4ccccn4)cn3c2)cc1C. The Morgan fingerprint density at radius 3 is 2.57 bits per heavy atom. The van der Waals surface area contributed by atoms with Gasteiger partial charge in [0.05, 0.1) is 7.11 Å². The lowest BCUT2D eigenvalue weighted by Crippen LogP contribution is -2.26. The number of aromatic nitrogens is 3. The molecule has 6 heteroatoms. The largest absolute Gasteiger partial charge is 0.496 e. The summed E-state index contributed by atoms with van der Waals surface area (Å²) in [6, 6.07) is 13.9. The van der Waals surface area contributed by atoms with Gasteiger partial charge in [-0.25, -0.2) is 4.98 Å². The quantitative estimate of drug-likeness (QED) is 0.531. The first-order chi connectivity index (χ1) is 14.5. The zero-order valence-electron chi connectivity index (χ0n) is 17.3. The van der Waals surface area contributed by atoms with E-state index in [1.165, 1.54) is 0 Å². The van der Waals surface area contributed by atoms with Crippen LogP contribution in [-0.2, 0) is 6.42 Å². The van der Waals surface area contributed by atoms with Gasteiger partial charge in [0.2, 0.25) is 0 Å². The van der Waals surface area contributed by atoms with E-state index in [4.69, 9.17) is 4.74 Å². The van der Waals surface area contributed by atoms with Gasteiger partial charge in [-0.05, 0) is 72.5 Å². The molecule has 1 aromatic carbocycles. The van der Waals surface area contributed by atoms with Gasteiger partial charge in [0.25, 0.3) is 5.91 Å². The predicted molar refractivity (Wildman–Crippen MR) is 117 cm³/mol. The molecule has 30 heavy (non-hydrogen) atoms. The van der Waals surface area contributed by atoms with Crippen LogP contribution in [0.15, 0.2) is 61.1 Å². The third-order valence-corrected chi connectivity index (χ3v) is 5.07. The van der Waals surface area contributed by atoms with Gasteiger partial charge in [-0.2, -0.15) is 0 Å². The summed E-state index contributed by atoms with van der Waals surface area (Å²) in [6.45, 7) is 4.59. The number of carbonyl (C=O) groups excluding carboxylic acids is 1. The van der Waals surface area contributed by atoms with Crippen LogP contribution < -0.4 is 10.1 Å². The summed E-state index contributed by atoms with van der Waals surface area (Å²) in [6.07, 6.45) is 6.19. The molecule has 0 aliphatic rings. The molecular formula is C24H24N4O2. The molecule has 0 bridgehead atoms. The van der Waals surface area contributed by atoms with Crippen LogP contribution in [0, 0.1) is 13.8 Å². The van der Waals surface area contributed by atoms with E-state index < -0.39 is 0 Å². The Hall–Kier alpha value is -3.67. The van der Waals surface area contributed by atoms with Crippen LogP contribution in [0.3, 0.4) is 0 Å². The molecule has 3 aromatic heterocycles. The Bertz CT molecular complexity index is 1180. The molecule has 0 radical (unpaired) electrons. The minimum absolute atomic E-state index is 0.188. The second-order valence-corrected chi connectivity index (χ2v) is 7.28. The molecular weight excluding hydrogens is 376 g/mol. The molecule has 0 aliphatic heterocycles. The molecule has 0 fully saturated rings. The van der Waals surface area contributed by atoms with Gasteiger partial charge < -0.3 is 14.5 Å². The highest BCUT2D eigenvalue weighted by atomic mass is 16.5. The first-order valence-electron chi connectivity index (χ1n) is 9.87. The predicted octanol–water partition coefficient (Wildman–Crippen LogP) is 3.99. The van der Waals surface area contributed by atoms with Crippen molar-refractivity contribution < 1.29 is 9.53 Å². The number of amides is 1. The van der Waals surface area contributed by atoms with E-state index >= 15 is 0 Å². The van der Waals surface area contributed by atoms with E-state index in [9.17, 15) is 4.79 Å². The molecule has 0 saturated heterocycles. The summed E-state index contributed by atoms with van der Waals surface area (Å²) in [5, 5.41) is 2.91. The fourth-order valence-electron chi connectivity index (χ4n) is 3.65. The highest BCUT2D eigenvalue weighted by Crippen LogP contribution is 2.30. The molecule has 1 N–H and O–H groups in total. The number of methoxy groups -OCH3 is 1. The number of hydrogen-bond acceptors (Lipinski definition) is 4. The maximum absolute atomic E-state index is 12.5. The van der Waals surface area contributed by atoms with Gasteiger partial charge in [-0.3, -0.25) is 9.78 Å². The number of ether oxygens (including phenoxy) is 1. The summed E-state index contributed by atoms with van der Waals surface area (Å²) < 4.78 is 7.35. The third-order valence-electron chi connectivity index (χ3n) is 5.07. The highest BCUT2D eigenvalue weighted by molar-refractivity contribution is 5.92. The molecule has 0 aliphatic carbocycles. The number of fused-ring (bicyclic) bond motifs is 1. The minimum Gasteiger partial charge on any atom is -0.496 e. The minimum atomic E-state index is -0.188. The van der Waals surface area contributed by atoms with Crippen molar-refractivity contribution in [3.8, 4) is 16.9 Å². The molecule has 6 nitrogen and oxygen atoms in total. The van der Waals surface area contributed by atoms with Crippen molar-refractivity contribution in [1.29, 1.82) is 0 Å². The van der Waals surface area contributed by atoms with Gasteiger partial charge in [0.1, 0.15) is 17.1 Å².